The first-order valence-electron chi connectivity index (χ1n) is 5.86. The average molecular weight is 285 g/mol. The summed E-state index contributed by atoms with van der Waals surface area (Å²) < 4.78 is 19.1. The van der Waals surface area contributed by atoms with E-state index in [0.717, 1.165) is 11.1 Å². The van der Waals surface area contributed by atoms with Crippen LogP contribution in [0.1, 0.15) is 6.42 Å². The molecule has 1 aromatic heterocycles. The molecule has 1 N–H and O–H groups in total. The molecular weight excluding hydrogens is 273 g/mol. The number of nitrogens with zero attached hydrogens (tertiary/aromatic N) is 3. The lowest BCUT2D eigenvalue weighted by atomic mass is 10.1. The maximum absolute atomic E-state index is 13.8. The third-order valence-corrected chi connectivity index (χ3v) is 2.96. The van der Waals surface area contributed by atoms with Crippen molar-refractivity contribution in [1.29, 1.82) is 0 Å². The van der Waals surface area contributed by atoms with Gasteiger partial charge in [0, 0.05) is 25.1 Å². The predicted molar refractivity (Wildman–Crippen MR) is 64.4 cm³/mol. The van der Waals surface area contributed by atoms with Gasteiger partial charge < -0.3 is 14.7 Å². The molecule has 2 atom stereocenters. The molecule has 1 amide bonds. The fourth-order valence-corrected chi connectivity index (χ4v) is 1.90. The molecule has 0 bridgehead atoms. The molecule has 20 heavy (non-hydrogen) atoms. The molecular formula is C11H12FN3O5. The van der Waals surface area contributed by atoms with Gasteiger partial charge in [-0.3, -0.25) is 10.1 Å². The van der Waals surface area contributed by atoms with E-state index in [4.69, 9.17) is 9.84 Å². The van der Waals surface area contributed by atoms with Crippen LogP contribution in [-0.4, -0.2) is 51.4 Å². The minimum atomic E-state index is -1.46. The first-order chi connectivity index (χ1) is 9.47. The second-order valence-corrected chi connectivity index (χ2v) is 4.30. The summed E-state index contributed by atoms with van der Waals surface area (Å²) in [5, 5.41) is 19.2. The van der Waals surface area contributed by atoms with Crippen molar-refractivity contribution in [1.82, 2.24) is 9.88 Å². The molecule has 1 aliphatic heterocycles. The van der Waals surface area contributed by atoms with Crippen molar-refractivity contribution in [2.45, 2.75) is 18.7 Å². The van der Waals surface area contributed by atoms with Crippen LogP contribution in [0.5, 0.6) is 5.88 Å². The molecule has 1 fully saturated rings. The van der Waals surface area contributed by atoms with E-state index >= 15 is 0 Å². The fourth-order valence-electron chi connectivity index (χ4n) is 1.90. The Balaban J connectivity index is 1.97. The van der Waals surface area contributed by atoms with Gasteiger partial charge in [0.25, 0.3) is 5.69 Å². The van der Waals surface area contributed by atoms with E-state index < -0.39 is 23.3 Å². The van der Waals surface area contributed by atoms with Gasteiger partial charge in [-0.25, -0.2) is 14.2 Å². The topological polar surface area (TPSA) is 106 Å². The fraction of sp³-hybridized carbons (Fsp3) is 0.455. The third kappa shape index (κ3) is 3.11. The first-order valence-corrected chi connectivity index (χ1v) is 5.86. The van der Waals surface area contributed by atoms with Gasteiger partial charge in [-0.2, -0.15) is 0 Å². The number of nitro groups is 1. The van der Waals surface area contributed by atoms with Crippen molar-refractivity contribution < 1.29 is 24.0 Å². The van der Waals surface area contributed by atoms with Crippen molar-refractivity contribution >= 4 is 11.8 Å². The number of piperidine rings is 1. The Kier molecular flexibility index (Phi) is 3.97. The molecule has 8 nitrogen and oxygen atoms in total. The maximum Gasteiger partial charge on any atom is 0.407 e. The Labute approximate surface area is 112 Å². The Morgan fingerprint density at radius 3 is 2.85 bits per heavy atom. The summed E-state index contributed by atoms with van der Waals surface area (Å²) >= 11 is 0. The molecule has 0 aliphatic carbocycles. The number of carbonyl (C=O) groups is 1. The van der Waals surface area contributed by atoms with E-state index in [9.17, 15) is 19.3 Å². The van der Waals surface area contributed by atoms with Crippen molar-refractivity contribution in [3.63, 3.8) is 0 Å². The second kappa shape index (κ2) is 5.68. The van der Waals surface area contributed by atoms with E-state index in [0.29, 0.717) is 0 Å². The van der Waals surface area contributed by atoms with Crippen LogP contribution in [0.4, 0.5) is 14.9 Å². The van der Waals surface area contributed by atoms with Crippen molar-refractivity contribution in [2.75, 3.05) is 13.1 Å². The molecule has 1 aliphatic rings. The van der Waals surface area contributed by atoms with Gasteiger partial charge in [0.05, 0.1) is 11.5 Å². The quantitative estimate of drug-likeness (QED) is 0.665. The molecule has 2 rings (SSSR count). The lowest BCUT2D eigenvalue weighted by Crippen LogP contribution is -2.48. The Morgan fingerprint density at radius 1 is 1.60 bits per heavy atom. The zero-order valence-corrected chi connectivity index (χ0v) is 10.3. The van der Waals surface area contributed by atoms with Crippen molar-refractivity contribution in [2.24, 2.45) is 0 Å². The van der Waals surface area contributed by atoms with E-state index in [1.165, 1.54) is 12.1 Å². The van der Waals surface area contributed by atoms with E-state index in [1.807, 2.05) is 0 Å². The van der Waals surface area contributed by atoms with Crippen molar-refractivity contribution in [3.8, 4) is 5.88 Å². The zero-order chi connectivity index (χ0) is 14.7. The number of rotatable bonds is 3. The highest BCUT2D eigenvalue weighted by molar-refractivity contribution is 5.65. The van der Waals surface area contributed by atoms with Crippen LogP contribution in [0, 0.1) is 10.1 Å². The SMILES string of the molecule is O=C(O)N1CC[C@@H](Oc2ccc([N+](=O)[O-])cn2)[C@@H](F)C1. The summed E-state index contributed by atoms with van der Waals surface area (Å²) in [5.74, 6) is 0.0759. The summed E-state index contributed by atoms with van der Waals surface area (Å²) in [6.45, 7) is -0.0830. The summed E-state index contributed by atoms with van der Waals surface area (Å²) in [6.07, 6.45) is -2.21. The monoisotopic (exact) mass is 285 g/mol. The van der Waals surface area contributed by atoms with Crippen molar-refractivity contribution in [3.05, 3.63) is 28.4 Å². The third-order valence-electron chi connectivity index (χ3n) is 2.96. The molecule has 0 saturated carbocycles. The number of ether oxygens (including phenoxy) is 1. The number of hydrogen-bond donors (Lipinski definition) is 1. The lowest BCUT2D eigenvalue weighted by molar-refractivity contribution is -0.385. The number of likely N-dealkylation sites (tertiary alicyclic amines) is 1. The molecule has 0 aromatic carbocycles. The van der Waals surface area contributed by atoms with Gasteiger partial charge in [-0.05, 0) is 0 Å². The number of carboxylic acid groups (broad SMARTS) is 1. The van der Waals surface area contributed by atoms with Gasteiger partial charge >= 0.3 is 6.09 Å². The zero-order valence-electron chi connectivity index (χ0n) is 10.3. The highest BCUT2D eigenvalue weighted by Gasteiger charge is 2.33. The minimum Gasteiger partial charge on any atom is -0.471 e. The predicted octanol–water partition coefficient (Wildman–Crippen LogP) is 1.46. The standard InChI is InChI=1S/C11H12FN3O5/c12-8-6-14(11(16)17)4-3-9(8)20-10-2-1-7(5-13-10)15(18)19/h1-2,5,8-9H,3-4,6H2,(H,16,17)/t8-,9+/m0/s1. The smallest absolute Gasteiger partial charge is 0.407 e. The van der Waals surface area contributed by atoms with E-state index in [-0.39, 0.29) is 31.1 Å². The molecule has 108 valence electrons. The molecule has 2 heterocycles. The number of alkyl halides is 1. The summed E-state index contributed by atoms with van der Waals surface area (Å²) in [4.78, 5) is 25.3. The number of amides is 1. The minimum absolute atomic E-state index is 0.0759. The summed E-state index contributed by atoms with van der Waals surface area (Å²) in [7, 11) is 0. The van der Waals surface area contributed by atoms with Crippen LogP contribution in [-0.2, 0) is 0 Å². The number of pyridine rings is 1. The maximum atomic E-state index is 13.8. The highest BCUT2D eigenvalue weighted by atomic mass is 19.1. The number of hydrogen-bond acceptors (Lipinski definition) is 5. The Bertz CT molecular complexity index is 509. The van der Waals surface area contributed by atoms with Crippen LogP contribution in [0.2, 0.25) is 0 Å². The Morgan fingerprint density at radius 2 is 2.35 bits per heavy atom. The molecule has 1 aromatic rings. The van der Waals surface area contributed by atoms with E-state index in [1.54, 1.807) is 0 Å². The van der Waals surface area contributed by atoms with E-state index in [2.05, 4.69) is 4.98 Å². The van der Waals surface area contributed by atoms with Gasteiger partial charge in [0.2, 0.25) is 5.88 Å². The second-order valence-electron chi connectivity index (χ2n) is 4.30. The lowest BCUT2D eigenvalue weighted by Gasteiger charge is -2.32. The number of halogens is 1. The van der Waals surface area contributed by atoms with Gasteiger partial charge in [-0.1, -0.05) is 0 Å². The van der Waals surface area contributed by atoms with Crippen LogP contribution in [0.25, 0.3) is 0 Å². The molecule has 0 radical (unpaired) electrons. The first kappa shape index (κ1) is 14.0. The van der Waals surface area contributed by atoms with Gasteiger partial charge in [0.1, 0.15) is 12.3 Å². The normalized spacial score (nSPS) is 22.4. The largest absolute Gasteiger partial charge is 0.471 e. The van der Waals surface area contributed by atoms with Gasteiger partial charge in [-0.15, -0.1) is 0 Å². The molecule has 9 heteroatoms. The average Bonchev–Trinajstić information content (AvgIpc) is 2.41. The summed E-state index contributed by atoms with van der Waals surface area (Å²) in [5.41, 5.74) is -0.185. The highest BCUT2D eigenvalue weighted by Crippen LogP contribution is 2.21. The Hall–Kier alpha value is -2.45. The molecule has 0 spiro atoms. The van der Waals surface area contributed by atoms with Crippen LogP contribution in [0.15, 0.2) is 18.3 Å². The van der Waals surface area contributed by atoms with Gasteiger partial charge in [0.15, 0.2) is 6.17 Å². The summed E-state index contributed by atoms with van der Waals surface area (Å²) in [6, 6.07) is 2.50. The molecule has 1 saturated heterocycles. The number of aromatic nitrogens is 1. The van der Waals surface area contributed by atoms with Crippen LogP contribution >= 0.6 is 0 Å². The molecule has 0 unspecified atom stereocenters. The van der Waals surface area contributed by atoms with Crippen LogP contribution < -0.4 is 4.74 Å². The van der Waals surface area contributed by atoms with Crippen LogP contribution in [0.3, 0.4) is 0 Å².